The molecule has 4 nitrogen and oxygen atoms in total. The highest BCUT2D eigenvalue weighted by Gasteiger charge is 2.27. The zero-order chi connectivity index (χ0) is 15.0. The van der Waals surface area contributed by atoms with Crippen molar-refractivity contribution in [3.8, 4) is 0 Å². The fraction of sp³-hybridized carbons (Fsp3) is 0.438. The number of hydrogen-bond acceptors (Lipinski definition) is 1. The van der Waals surface area contributed by atoms with Crippen LogP contribution >= 0.6 is 0 Å². The molecular formula is C16H20FN3O. The number of nitrogens with one attached hydrogen (secondary N) is 3. The van der Waals surface area contributed by atoms with Crippen LogP contribution < -0.4 is 10.6 Å². The van der Waals surface area contributed by atoms with Crippen molar-refractivity contribution in [2.24, 2.45) is 0 Å². The van der Waals surface area contributed by atoms with Crippen molar-refractivity contribution < 1.29 is 9.18 Å². The number of amides is 2. The van der Waals surface area contributed by atoms with E-state index in [9.17, 15) is 9.18 Å². The first-order chi connectivity index (χ1) is 9.95. The molecule has 21 heavy (non-hydrogen) atoms. The first-order valence-electron chi connectivity index (χ1n) is 7.27. The van der Waals surface area contributed by atoms with Gasteiger partial charge in [-0.2, -0.15) is 0 Å². The largest absolute Gasteiger partial charge is 0.361 e. The minimum absolute atomic E-state index is 0.114. The summed E-state index contributed by atoms with van der Waals surface area (Å²) >= 11 is 0. The van der Waals surface area contributed by atoms with Crippen LogP contribution in [0.15, 0.2) is 24.4 Å². The molecule has 1 saturated carbocycles. The van der Waals surface area contributed by atoms with Crippen LogP contribution in [-0.4, -0.2) is 23.6 Å². The van der Waals surface area contributed by atoms with Gasteiger partial charge < -0.3 is 15.6 Å². The highest BCUT2D eigenvalue weighted by atomic mass is 19.1. The summed E-state index contributed by atoms with van der Waals surface area (Å²) in [4.78, 5) is 14.8. The van der Waals surface area contributed by atoms with E-state index in [-0.39, 0.29) is 17.3 Å². The highest BCUT2D eigenvalue weighted by molar-refractivity contribution is 5.84. The Morgan fingerprint density at radius 1 is 1.43 bits per heavy atom. The Morgan fingerprint density at radius 3 is 2.90 bits per heavy atom. The summed E-state index contributed by atoms with van der Waals surface area (Å²) in [6, 6.07) is 4.97. The van der Waals surface area contributed by atoms with Crippen LogP contribution in [0.2, 0.25) is 0 Å². The maximum atomic E-state index is 13.2. The predicted octanol–water partition coefficient (Wildman–Crippen LogP) is 3.05. The van der Waals surface area contributed by atoms with Crippen LogP contribution in [0.4, 0.5) is 9.18 Å². The molecule has 1 aliphatic carbocycles. The zero-order valence-electron chi connectivity index (χ0n) is 12.3. The van der Waals surface area contributed by atoms with Gasteiger partial charge in [0.05, 0.1) is 0 Å². The monoisotopic (exact) mass is 289 g/mol. The standard InChI is InChI=1S/C16H20FN3O/c1-16(2,9-19-15(21)20-11-4-5-11)13-8-18-14-7-10(17)3-6-12(13)14/h3,6-8,11,18H,4-5,9H2,1-2H3,(H2,19,20,21). The van der Waals surface area contributed by atoms with Crippen molar-refractivity contribution in [3.63, 3.8) is 0 Å². The van der Waals surface area contributed by atoms with Crippen LogP contribution in [0.1, 0.15) is 32.3 Å². The lowest BCUT2D eigenvalue weighted by Crippen LogP contribution is -2.43. The predicted molar refractivity (Wildman–Crippen MR) is 80.8 cm³/mol. The van der Waals surface area contributed by atoms with Crippen LogP contribution in [0, 0.1) is 5.82 Å². The SMILES string of the molecule is CC(C)(CNC(=O)NC1CC1)c1c[nH]c2cc(F)ccc12. The number of urea groups is 1. The number of H-pyrrole nitrogens is 1. The molecule has 5 heteroatoms. The van der Waals surface area contributed by atoms with Crippen LogP contribution in [-0.2, 0) is 5.41 Å². The number of halogens is 1. The third kappa shape index (κ3) is 3.01. The molecule has 0 saturated heterocycles. The van der Waals surface area contributed by atoms with E-state index in [0.29, 0.717) is 12.6 Å². The molecular weight excluding hydrogens is 269 g/mol. The summed E-state index contributed by atoms with van der Waals surface area (Å²) in [6.07, 6.45) is 4.04. The number of benzene rings is 1. The van der Waals surface area contributed by atoms with Gasteiger partial charge in [0.2, 0.25) is 0 Å². The van der Waals surface area contributed by atoms with Gasteiger partial charge in [0.15, 0.2) is 0 Å². The molecule has 0 unspecified atom stereocenters. The lowest BCUT2D eigenvalue weighted by atomic mass is 9.84. The minimum atomic E-state index is -0.254. The molecule has 2 aromatic rings. The molecule has 1 fully saturated rings. The fourth-order valence-corrected chi connectivity index (χ4v) is 2.52. The smallest absolute Gasteiger partial charge is 0.315 e. The topological polar surface area (TPSA) is 56.9 Å². The first kappa shape index (κ1) is 13.9. The Balaban J connectivity index is 1.74. The molecule has 1 aromatic heterocycles. The fourth-order valence-electron chi connectivity index (χ4n) is 2.52. The van der Waals surface area contributed by atoms with Crippen molar-refractivity contribution >= 4 is 16.9 Å². The molecule has 1 heterocycles. The van der Waals surface area contributed by atoms with Crippen molar-refractivity contribution in [2.45, 2.75) is 38.1 Å². The van der Waals surface area contributed by atoms with Crippen molar-refractivity contribution in [1.29, 1.82) is 0 Å². The summed E-state index contributed by atoms with van der Waals surface area (Å²) in [5.74, 6) is -0.254. The van der Waals surface area contributed by atoms with E-state index in [2.05, 4.69) is 29.5 Å². The molecule has 0 bridgehead atoms. The van der Waals surface area contributed by atoms with Gasteiger partial charge >= 0.3 is 6.03 Å². The molecule has 0 atom stereocenters. The molecule has 1 aliphatic rings. The van der Waals surface area contributed by atoms with Crippen molar-refractivity contribution in [2.75, 3.05) is 6.54 Å². The second-order valence-electron chi connectivity index (χ2n) is 6.38. The molecule has 0 spiro atoms. The molecule has 0 aliphatic heterocycles. The van der Waals surface area contributed by atoms with Crippen LogP contribution in [0.25, 0.3) is 10.9 Å². The number of hydrogen-bond donors (Lipinski definition) is 3. The number of carbonyl (C=O) groups is 1. The van der Waals surface area contributed by atoms with Gasteiger partial charge in [0.1, 0.15) is 5.82 Å². The third-order valence-electron chi connectivity index (χ3n) is 3.98. The van der Waals surface area contributed by atoms with Gasteiger partial charge in [-0.3, -0.25) is 0 Å². The number of rotatable bonds is 4. The van der Waals surface area contributed by atoms with Gasteiger partial charge in [-0.15, -0.1) is 0 Å². The Morgan fingerprint density at radius 2 is 2.19 bits per heavy atom. The average molecular weight is 289 g/mol. The maximum Gasteiger partial charge on any atom is 0.315 e. The lowest BCUT2D eigenvalue weighted by molar-refractivity contribution is 0.238. The van der Waals surface area contributed by atoms with Crippen molar-refractivity contribution in [1.82, 2.24) is 15.6 Å². The Hall–Kier alpha value is -2.04. The molecule has 1 aromatic carbocycles. The Bertz CT molecular complexity index is 673. The molecule has 2 amide bonds. The summed E-state index contributed by atoms with van der Waals surface area (Å²) in [7, 11) is 0. The van der Waals surface area contributed by atoms with Crippen LogP contribution in [0.3, 0.4) is 0 Å². The summed E-state index contributed by atoms with van der Waals surface area (Å²) in [5, 5.41) is 6.82. The molecule has 112 valence electrons. The van der Waals surface area contributed by atoms with Crippen LogP contribution in [0.5, 0.6) is 0 Å². The number of aromatic nitrogens is 1. The summed E-state index contributed by atoms with van der Waals surface area (Å²) in [5.41, 5.74) is 1.61. The Kier molecular flexibility index (Phi) is 3.35. The summed E-state index contributed by atoms with van der Waals surface area (Å²) in [6.45, 7) is 4.66. The van der Waals surface area contributed by atoms with E-state index in [1.165, 1.54) is 12.1 Å². The van der Waals surface area contributed by atoms with E-state index in [0.717, 1.165) is 29.3 Å². The summed E-state index contributed by atoms with van der Waals surface area (Å²) < 4.78 is 13.2. The Labute approximate surface area is 123 Å². The van der Waals surface area contributed by atoms with E-state index in [1.807, 2.05) is 6.20 Å². The maximum absolute atomic E-state index is 13.2. The second kappa shape index (κ2) is 5.06. The van der Waals surface area contributed by atoms with Crippen molar-refractivity contribution in [3.05, 3.63) is 35.8 Å². The van der Waals surface area contributed by atoms with E-state index in [1.54, 1.807) is 6.07 Å². The highest BCUT2D eigenvalue weighted by Crippen LogP contribution is 2.30. The quantitative estimate of drug-likeness (QED) is 0.796. The van der Waals surface area contributed by atoms with Gasteiger partial charge in [0, 0.05) is 35.1 Å². The van der Waals surface area contributed by atoms with Gasteiger partial charge in [0.25, 0.3) is 0 Å². The first-order valence-corrected chi connectivity index (χ1v) is 7.27. The molecule has 0 radical (unpaired) electrons. The van der Waals surface area contributed by atoms with E-state index < -0.39 is 0 Å². The molecule has 3 rings (SSSR count). The number of fused-ring (bicyclic) bond motifs is 1. The number of carbonyl (C=O) groups excluding carboxylic acids is 1. The molecule has 3 N–H and O–H groups in total. The minimum Gasteiger partial charge on any atom is -0.361 e. The van der Waals surface area contributed by atoms with E-state index >= 15 is 0 Å². The van der Waals surface area contributed by atoms with Gasteiger partial charge in [-0.05, 0) is 36.6 Å². The second-order valence-corrected chi connectivity index (χ2v) is 6.38. The normalized spacial score (nSPS) is 15.2. The van der Waals surface area contributed by atoms with E-state index in [4.69, 9.17) is 0 Å². The number of aromatic amines is 1. The van der Waals surface area contributed by atoms with Gasteiger partial charge in [-0.1, -0.05) is 13.8 Å². The zero-order valence-corrected chi connectivity index (χ0v) is 12.3. The van der Waals surface area contributed by atoms with Gasteiger partial charge in [-0.25, -0.2) is 9.18 Å². The average Bonchev–Trinajstić information content (AvgIpc) is 3.13. The third-order valence-corrected chi connectivity index (χ3v) is 3.98. The lowest BCUT2D eigenvalue weighted by Gasteiger charge is -2.25.